The minimum absolute atomic E-state index is 0.248. The lowest BCUT2D eigenvalue weighted by Gasteiger charge is -2.38. The standard InChI is InChI=1S/C18H28N2O2/c1-14(2)11-20-12-16(9-18(21)22)8-17(13-20)19-10-15-6-4-3-5-7-15/h3-7,14,16-17,19H,8-13H2,1-2H3,(H,21,22). The van der Waals surface area contributed by atoms with Gasteiger partial charge in [-0.3, -0.25) is 4.79 Å². The van der Waals surface area contributed by atoms with Gasteiger partial charge in [0.05, 0.1) is 0 Å². The third-order valence-electron chi connectivity index (χ3n) is 4.14. The van der Waals surface area contributed by atoms with Crippen molar-refractivity contribution in [1.29, 1.82) is 0 Å². The summed E-state index contributed by atoms with van der Waals surface area (Å²) in [6.07, 6.45) is 1.23. The predicted molar refractivity (Wildman–Crippen MR) is 88.7 cm³/mol. The molecule has 1 aromatic carbocycles. The zero-order valence-corrected chi connectivity index (χ0v) is 13.7. The number of likely N-dealkylation sites (tertiary alicyclic amines) is 1. The first-order valence-electron chi connectivity index (χ1n) is 8.24. The van der Waals surface area contributed by atoms with Gasteiger partial charge in [-0.1, -0.05) is 44.2 Å². The number of aliphatic carboxylic acids is 1. The van der Waals surface area contributed by atoms with Crippen LogP contribution in [0.3, 0.4) is 0 Å². The van der Waals surface area contributed by atoms with E-state index in [1.807, 2.05) is 6.07 Å². The molecule has 1 aromatic rings. The van der Waals surface area contributed by atoms with Gasteiger partial charge in [0.1, 0.15) is 0 Å². The number of hydrogen-bond donors (Lipinski definition) is 2. The molecule has 1 fully saturated rings. The smallest absolute Gasteiger partial charge is 0.303 e. The minimum atomic E-state index is -0.682. The summed E-state index contributed by atoms with van der Waals surface area (Å²) >= 11 is 0. The van der Waals surface area contributed by atoms with Gasteiger partial charge in [0.2, 0.25) is 0 Å². The molecule has 1 saturated heterocycles. The Morgan fingerprint density at radius 2 is 2.05 bits per heavy atom. The van der Waals surface area contributed by atoms with E-state index < -0.39 is 5.97 Å². The maximum atomic E-state index is 11.0. The SMILES string of the molecule is CC(C)CN1CC(CC(=O)O)CC(NCc2ccccc2)C1. The van der Waals surface area contributed by atoms with Crippen LogP contribution in [0.25, 0.3) is 0 Å². The number of benzene rings is 1. The number of piperidine rings is 1. The topological polar surface area (TPSA) is 52.6 Å². The molecule has 2 atom stereocenters. The number of nitrogens with one attached hydrogen (secondary N) is 1. The Morgan fingerprint density at radius 3 is 2.68 bits per heavy atom. The summed E-state index contributed by atoms with van der Waals surface area (Å²) in [4.78, 5) is 13.5. The molecule has 1 aliphatic heterocycles. The van der Waals surface area contributed by atoms with Crippen LogP contribution < -0.4 is 5.32 Å². The summed E-state index contributed by atoms with van der Waals surface area (Å²) < 4.78 is 0. The number of carboxylic acid groups (broad SMARTS) is 1. The van der Waals surface area contributed by atoms with Crippen LogP contribution in [0.5, 0.6) is 0 Å². The van der Waals surface area contributed by atoms with E-state index in [0.29, 0.717) is 12.0 Å². The Morgan fingerprint density at radius 1 is 1.32 bits per heavy atom. The summed E-state index contributed by atoms with van der Waals surface area (Å²) in [5.74, 6) is 0.176. The zero-order chi connectivity index (χ0) is 15.9. The van der Waals surface area contributed by atoms with Crippen molar-refractivity contribution in [3.63, 3.8) is 0 Å². The summed E-state index contributed by atoms with van der Waals surface area (Å²) in [5, 5.41) is 12.7. The quantitative estimate of drug-likeness (QED) is 0.813. The second kappa shape index (κ2) is 8.30. The average Bonchev–Trinajstić information content (AvgIpc) is 2.44. The first kappa shape index (κ1) is 17.0. The van der Waals surface area contributed by atoms with Crippen molar-refractivity contribution in [1.82, 2.24) is 10.2 Å². The molecule has 0 bridgehead atoms. The molecule has 0 aromatic heterocycles. The highest BCUT2D eigenvalue weighted by atomic mass is 16.4. The first-order valence-corrected chi connectivity index (χ1v) is 8.24. The number of hydrogen-bond acceptors (Lipinski definition) is 3. The zero-order valence-electron chi connectivity index (χ0n) is 13.7. The van der Waals surface area contributed by atoms with E-state index >= 15 is 0 Å². The van der Waals surface area contributed by atoms with Crippen molar-refractivity contribution in [2.24, 2.45) is 11.8 Å². The molecule has 22 heavy (non-hydrogen) atoms. The molecule has 0 saturated carbocycles. The highest BCUT2D eigenvalue weighted by Crippen LogP contribution is 2.21. The maximum Gasteiger partial charge on any atom is 0.303 e. The lowest BCUT2D eigenvalue weighted by atomic mass is 9.91. The Bertz CT molecular complexity index is 461. The van der Waals surface area contributed by atoms with Gasteiger partial charge in [0.15, 0.2) is 0 Å². The molecule has 2 rings (SSSR count). The molecule has 0 radical (unpaired) electrons. The van der Waals surface area contributed by atoms with Gasteiger partial charge in [0, 0.05) is 38.6 Å². The van der Waals surface area contributed by atoms with Crippen LogP contribution in [-0.4, -0.2) is 41.7 Å². The van der Waals surface area contributed by atoms with Crippen molar-refractivity contribution in [3.05, 3.63) is 35.9 Å². The molecule has 0 amide bonds. The Kier molecular flexibility index (Phi) is 6.40. The van der Waals surface area contributed by atoms with Gasteiger partial charge in [-0.25, -0.2) is 0 Å². The Labute approximate surface area is 133 Å². The van der Waals surface area contributed by atoms with Crippen molar-refractivity contribution in [2.75, 3.05) is 19.6 Å². The fourth-order valence-corrected chi connectivity index (χ4v) is 3.37. The molecule has 4 nitrogen and oxygen atoms in total. The number of nitrogens with zero attached hydrogens (tertiary/aromatic N) is 1. The van der Waals surface area contributed by atoms with Crippen LogP contribution >= 0.6 is 0 Å². The molecule has 4 heteroatoms. The third kappa shape index (κ3) is 5.78. The molecule has 1 aliphatic rings. The van der Waals surface area contributed by atoms with Gasteiger partial charge in [-0.05, 0) is 23.8 Å². The summed E-state index contributed by atoms with van der Waals surface area (Å²) in [6.45, 7) is 8.25. The number of carbonyl (C=O) groups is 1. The molecular weight excluding hydrogens is 276 g/mol. The average molecular weight is 304 g/mol. The molecule has 2 unspecified atom stereocenters. The fourth-order valence-electron chi connectivity index (χ4n) is 3.37. The first-order chi connectivity index (χ1) is 10.5. The summed E-state index contributed by atoms with van der Waals surface area (Å²) in [5.41, 5.74) is 1.28. The van der Waals surface area contributed by atoms with E-state index in [1.165, 1.54) is 5.56 Å². The Balaban J connectivity index is 1.91. The maximum absolute atomic E-state index is 11.0. The monoisotopic (exact) mass is 304 g/mol. The predicted octanol–water partition coefficient (Wildman–Crippen LogP) is 2.60. The van der Waals surface area contributed by atoms with E-state index in [9.17, 15) is 4.79 Å². The molecule has 2 N–H and O–H groups in total. The van der Waals surface area contributed by atoms with Crippen LogP contribution in [0.15, 0.2) is 30.3 Å². The molecule has 0 spiro atoms. The normalized spacial score (nSPS) is 22.9. The van der Waals surface area contributed by atoms with Gasteiger partial charge < -0.3 is 15.3 Å². The van der Waals surface area contributed by atoms with Gasteiger partial charge >= 0.3 is 5.97 Å². The van der Waals surface area contributed by atoms with Gasteiger partial charge in [0.25, 0.3) is 0 Å². The molecule has 122 valence electrons. The van der Waals surface area contributed by atoms with Crippen LogP contribution in [-0.2, 0) is 11.3 Å². The van der Waals surface area contributed by atoms with Gasteiger partial charge in [-0.2, -0.15) is 0 Å². The second-order valence-electron chi connectivity index (χ2n) is 6.88. The minimum Gasteiger partial charge on any atom is -0.481 e. The van der Waals surface area contributed by atoms with E-state index in [4.69, 9.17) is 5.11 Å². The van der Waals surface area contributed by atoms with Gasteiger partial charge in [-0.15, -0.1) is 0 Å². The second-order valence-corrected chi connectivity index (χ2v) is 6.88. The summed E-state index contributed by atoms with van der Waals surface area (Å²) in [7, 11) is 0. The lowest BCUT2D eigenvalue weighted by molar-refractivity contribution is -0.138. The largest absolute Gasteiger partial charge is 0.481 e. The number of rotatable bonds is 7. The summed E-state index contributed by atoms with van der Waals surface area (Å²) in [6, 6.07) is 10.7. The van der Waals surface area contributed by atoms with Crippen molar-refractivity contribution >= 4 is 5.97 Å². The highest BCUT2D eigenvalue weighted by molar-refractivity contribution is 5.67. The van der Waals surface area contributed by atoms with Crippen LogP contribution in [0.2, 0.25) is 0 Å². The molecule has 1 heterocycles. The van der Waals surface area contributed by atoms with Crippen LogP contribution in [0, 0.1) is 11.8 Å². The van der Waals surface area contributed by atoms with Crippen molar-refractivity contribution in [2.45, 2.75) is 39.3 Å². The molecule has 0 aliphatic carbocycles. The van der Waals surface area contributed by atoms with E-state index in [1.54, 1.807) is 0 Å². The highest BCUT2D eigenvalue weighted by Gasteiger charge is 2.28. The fraction of sp³-hybridized carbons (Fsp3) is 0.611. The van der Waals surface area contributed by atoms with Crippen LogP contribution in [0.4, 0.5) is 0 Å². The third-order valence-corrected chi connectivity index (χ3v) is 4.14. The van der Waals surface area contributed by atoms with Crippen LogP contribution in [0.1, 0.15) is 32.3 Å². The molecular formula is C18H28N2O2. The van der Waals surface area contributed by atoms with Crippen molar-refractivity contribution in [3.8, 4) is 0 Å². The Hall–Kier alpha value is -1.39. The van der Waals surface area contributed by atoms with E-state index in [-0.39, 0.29) is 12.3 Å². The number of carboxylic acids is 1. The van der Waals surface area contributed by atoms with E-state index in [0.717, 1.165) is 32.6 Å². The lowest BCUT2D eigenvalue weighted by Crippen LogP contribution is -2.50. The van der Waals surface area contributed by atoms with E-state index in [2.05, 4.69) is 48.3 Å². The van der Waals surface area contributed by atoms with Crippen molar-refractivity contribution < 1.29 is 9.90 Å².